The fraction of sp³-hybridized carbons (Fsp3) is 0.500. The lowest BCUT2D eigenvalue weighted by Crippen LogP contribution is -2.30. The first-order chi connectivity index (χ1) is 11.3. The van der Waals surface area contributed by atoms with Crippen LogP contribution in [0.1, 0.15) is 38.8 Å². The van der Waals surface area contributed by atoms with Crippen LogP contribution < -0.4 is 10.0 Å². The van der Waals surface area contributed by atoms with Crippen molar-refractivity contribution in [3.63, 3.8) is 0 Å². The summed E-state index contributed by atoms with van der Waals surface area (Å²) in [4.78, 5) is 0.256. The summed E-state index contributed by atoms with van der Waals surface area (Å²) in [5, 5.41) is 11.5. The molecule has 2 aromatic rings. The van der Waals surface area contributed by atoms with Crippen LogP contribution in [0.5, 0.6) is 0 Å². The molecular formula is C16H25N5O2S. The van der Waals surface area contributed by atoms with Crippen molar-refractivity contribution in [3.8, 4) is 0 Å². The molecule has 0 radical (unpaired) electrons. The molecule has 0 aliphatic carbocycles. The Kier molecular flexibility index (Phi) is 5.95. The second kappa shape index (κ2) is 7.76. The van der Waals surface area contributed by atoms with Crippen LogP contribution in [0.15, 0.2) is 29.2 Å². The molecule has 2 rings (SSSR count). The number of aromatic nitrogens is 3. The fourth-order valence-corrected chi connectivity index (χ4v) is 3.63. The summed E-state index contributed by atoms with van der Waals surface area (Å²) in [7, 11) is -3.46. The molecule has 0 saturated carbocycles. The minimum atomic E-state index is -3.46. The summed E-state index contributed by atoms with van der Waals surface area (Å²) >= 11 is 0. The quantitative estimate of drug-likeness (QED) is 0.762. The van der Waals surface area contributed by atoms with Crippen molar-refractivity contribution in [1.29, 1.82) is 0 Å². The minimum absolute atomic E-state index is 0.138. The number of aryl methyl sites for hydroxylation is 1. The van der Waals surface area contributed by atoms with Crippen molar-refractivity contribution in [2.45, 2.75) is 58.1 Å². The molecule has 0 spiro atoms. The summed E-state index contributed by atoms with van der Waals surface area (Å²) in [6.07, 6.45) is 1.02. The summed E-state index contributed by atoms with van der Waals surface area (Å²) in [6, 6.07) is 6.55. The smallest absolute Gasteiger partial charge is 0.240 e. The highest BCUT2D eigenvalue weighted by Crippen LogP contribution is 2.15. The molecule has 0 saturated heterocycles. The van der Waals surface area contributed by atoms with Crippen LogP contribution in [0.3, 0.4) is 0 Å². The topological polar surface area (TPSA) is 88.9 Å². The highest BCUT2D eigenvalue weighted by atomic mass is 32.2. The van der Waals surface area contributed by atoms with E-state index in [0.29, 0.717) is 6.54 Å². The van der Waals surface area contributed by atoms with Crippen molar-refractivity contribution in [2.24, 2.45) is 0 Å². The van der Waals surface area contributed by atoms with Crippen molar-refractivity contribution >= 4 is 15.7 Å². The number of hydrogen-bond acceptors (Lipinski definition) is 5. The molecule has 7 nitrogen and oxygen atoms in total. The molecule has 0 aliphatic rings. The van der Waals surface area contributed by atoms with Crippen molar-refractivity contribution in [3.05, 3.63) is 35.9 Å². The molecule has 2 N–H and O–H groups in total. The summed E-state index contributed by atoms with van der Waals surface area (Å²) in [5.74, 6) is 1.77. The van der Waals surface area contributed by atoms with Gasteiger partial charge in [0.25, 0.3) is 0 Å². The first kappa shape index (κ1) is 18.4. The van der Waals surface area contributed by atoms with Crippen molar-refractivity contribution in [2.75, 3.05) is 5.32 Å². The van der Waals surface area contributed by atoms with Gasteiger partial charge in [0.05, 0.1) is 11.4 Å². The molecule has 132 valence electrons. The zero-order chi connectivity index (χ0) is 17.7. The van der Waals surface area contributed by atoms with Crippen LogP contribution >= 0.6 is 0 Å². The van der Waals surface area contributed by atoms with E-state index in [4.69, 9.17) is 0 Å². The lowest BCUT2D eigenvalue weighted by atomic mass is 10.3. The van der Waals surface area contributed by atoms with Gasteiger partial charge >= 0.3 is 0 Å². The van der Waals surface area contributed by atoms with Crippen LogP contribution in [0.4, 0.5) is 5.69 Å². The Hall–Kier alpha value is -1.93. The van der Waals surface area contributed by atoms with E-state index < -0.39 is 10.0 Å². The predicted molar refractivity (Wildman–Crippen MR) is 94.3 cm³/mol. The highest BCUT2D eigenvalue weighted by molar-refractivity contribution is 7.89. The lowest BCUT2D eigenvalue weighted by Gasteiger charge is -2.11. The van der Waals surface area contributed by atoms with Gasteiger partial charge < -0.3 is 9.88 Å². The Morgan fingerprint density at radius 1 is 1.17 bits per heavy atom. The molecule has 0 unspecified atom stereocenters. The van der Waals surface area contributed by atoms with E-state index in [1.165, 1.54) is 0 Å². The Morgan fingerprint density at radius 2 is 1.83 bits per heavy atom. The fourth-order valence-electron chi connectivity index (χ4n) is 2.38. The third-order valence-electron chi connectivity index (χ3n) is 3.47. The largest absolute Gasteiger partial charge is 0.378 e. The van der Waals surface area contributed by atoms with Gasteiger partial charge in [0.2, 0.25) is 10.0 Å². The van der Waals surface area contributed by atoms with E-state index in [-0.39, 0.29) is 10.9 Å². The molecule has 0 aliphatic heterocycles. The minimum Gasteiger partial charge on any atom is -0.378 e. The highest BCUT2D eigenvalue weighted by Gasteiger charge is 2.15. The van der Waals surface area contributed by atoms with Gasteiger partial charge in [-0.15, -0.1) is 10.2 Å². The van der Waals surface area contributed by atoms with Gasteiger partial charge in [-0.05, 0) is 51.5 Å². The van der Waals surface area contributed by atoms with E-state index in [0.717, 1.165) is 30.3 Å². The Bertz CT molecular complexity index is 766. The number of nitrogens with zero attached hydrogens (tertiary/aromatic N) is 3. The Morgan fingerprint density at radius 3 is 2.42 bits per heavy atom. The van der Waals surface area contributed by atoms with Crippen molar-refractivity contribution < 1.29 is 8.42 Å². The van der Waals surface area contributed by atoms with Gasteiger partial charge in [0.1, 0.15) is 5.82 Å². The van der Waals surface area contributed by atoms with Gasteiger partial charge in [0.15, 0.2) is 5.82 Å². The summed E-state index contributed by atoms with van der Waals surface area (Å²) in [5.41, 5.74) is 0.835. The molecule has 0 fully saturated rings. The average molecular weight is 351 g/mol. The molecule has 24 heavy (non-hydrogen) atoms. The maximum Gasteiger partial charge on any atom is 0.240 e. The first-order valence-corrected chi connectivity index (χ1v) is 9.56. The molecule has 1 aromatic carbocycles. The third kappa shape index (κ3) is 4.55. The molecule has 0 atom stereocenters. The Labute approximate surface area is 143 Å². The van der Waals surface area contributed by atoms with E-state index in [9.17, 15) is 8.42 Å². The Balaban J connectivity index is 2.05. The zero-order valence-electron chi connectivity index (χ0n) is 14.6. The van der Waals surface area contributed by atoms with Gasteiger partial charge in [-0.1, -0.05) is 6.92 Å². The molecule has 8 heteroatoms. The number of rotatable bonds is 8. The standard InChI is InChI=1S/C16H25N5O2S/c1-5-10-21-13(4)18-19-16(21)11-17-14-6-8-15(9-7-14)24(22,23)20-12(2)3/h6-9,12,17,20H,5,10-11H2,1-4H3. The van der Waals surface area contributed by atoms with E-state index >= 15 is 0 Å². The van der Waals surface area contributed by atoms with Gasteiger partial charge in [-0.25, -0.2) is 13.1 Å². The maximum atomic E-state index is 12.1. The molecule has 0 bridgehead atoms. The lowest BCUT2D eigenvalue weighted by molar-refractivity contribution is 0.570. The van der Waals surface area contributed by atoms with Gasteiger partial charge in [-0.2, -0.15) is 0 Å². The van der Waals surface area contributed by atoms with Crippen LogP contribution in [-0.2, 0) is 23.1 Å². The van der Waals surface area contributed by atoms with E-state index in [1.807, 2.05) is 6.92 Å². The second-order valence-corrected chi connectivity index (χ2v) is 7.68. The number of sulfonamides is 1. The predicted octanol–water partition coefficient (Wildman–Crippen LogP) is 2.30. The average Bonchev–Trinajstić information content (AvgIpc) is 2.86. The molecule has 1 aromatic heterocycles. The number of benzene rings is 1. The first-order valence-electron chi connectivity index (χ1n) is 8.08. The van der Waals surface area contributed by atoms with E-state index in [1.54, 1.807) is 38.1 Å². The third-order valence-corrected chi connectivity index (χ3v) is 5.14. The van der Waals surface area contributed by atoms with Crippen molar-refractivity contribution in [1.82, 2.24) is 19.5 Å². The van der Waals surface area contributed by atoms with Gasteiger partial charge in [0, 0.05) is 18.3 Å². The molecule has 0 amide bonds. The van der Waals surface area contributed by atoms with Crippen LogP contribution in [0, 0.1) is 6.92 Å². The summed E-state index contributed by atoms with van der Waals surface area (Å²) in [6.45, 7) is 9.06. The second-order valence-electron chi connectivity index (χ2n) is 5.97. The number of nitrogens with one attached hydrogen (secondary N) is 2. The van der Waals surface area contributed by atoms with Crippen LogP contribution in [0.25, 0.3) is 0 Å². The van der Waals surface area contributed by atoms with Crippen LogP contribution in [-0.4, -0.2) is 29.2 Å². The zero-order valence-corrected chi connectivity index (χ0v) is 15.4. The monoisotopic (exact) mass is 351 g/mol. The SMILES string of the molecule is CCCn1c(C)nnc1CNc1ccc(S(=O)(=O)NC(C)C)cc1. The van der Waals surface area contributed by atoms with Crippen LogP contribution in [0.2, 0.25) is 0 Å². The molecular weight excluding hydrogens is 326 g/mol. The molecule has 1 heterocycles. The number of hydrogen-bond donors (Lipinski definition) is 2. The van der Waals surface area contributed by atoms with E-state index in [2.05, 4.69) is 31.7 Å². The van der Waals surface area contributed by atoms with Gasteiger partial charge in [-0.3, -0.25) is 0 Å². The summed E-state index contributed by atoms with van der Waals surface area (Å²) < 4.78 is 28.8. The number of anilines is 1. The normalized spacial score (nSPS) is 11.9. The maximum absolute atomic E-state index is 12.1.